The molecule has 0 radical (unpaired) electrons. The lowest BCUT2D eigenvalue weighted by atomic mass is 9.56. The van der Waals surface area contributed by atoms with E-state index in [1.165, 1.54) is 345 Å². The highest BCUT2D eigenvalue weighted by Crippen LogP contribution is 2.62. The fourth-order valence-corrected chi connectivity index (χ4v) is 40.2. The first-order valence-electron chi connectivity index (χ1n) is 66.9. The maximum absolute atomic E-state index is 1.62. The number of hydrogen-bond donors (Lipinski definition) is 0. The summed E-state index contributed by atoms with van der Waals surface area (Å²) in [7, 11) is 0. The summed E-state index contributed by atoms with van der Waals surface area (Å²) in [6.07, 6.45) is 161. The van der Waals surface area contributed by atoms with E-state index in [-0.39, 0.29) is 0 Å². The second-order valence-corrected chi connectivity index (χ2v) is 57.0. The molecule has 0 amide bonds. The van der Waals surface area contributed by atoms with Gasteiger partial charge in [-0.25, -0.2) is 0 Å². The van der Waals surface area contributed by atoms with E-state index in [1.807, 2.05) is 0 Å². The molecule has 14 atom stereocenters. The Bertz CT molecular complexity index is 2650. The Morgan fingerprint density at radius 2 is 0.259 bits per heavy atom. The van der Waals surface area contributed by atoms with Crippen molar-refractivity contribution < 1.29 is 0 Å². The Morgan fingerprint density at radius 1 is 0.0889 bits per heavy atom. The van der Waals surface area contributed by atoms with Gasteiger partial charge in [-0.05, 0) is 343 Å². The minimum atomic E-state index is 0.858. The molecule has 0 heterocycles. The van der Waals surface area contributed by atoms with Crippen LogP contribution < -0.4 is 0 Å². The summed E-state index contributed by atoms with van der Waals surface area (Å²) in [5.41, 5.74) is 0.858. The highest BCUT2D eigenvalue weighted by molar-refractivity contribution is 5.03. The molecular weight excluding hydrogens is 1620 g/mol. The van der Waals surface area contributed by atoms with Gasteiger partial charge in [0.1, 0.15) is 0 Å². The van der Waals surface area contributed by atoms with Gasteiger partial charge in [0, 0.05) is 0 Å². The molecule has 0 aromatic carbocycles. The van der Waals surface area contributed by atoms with Gasteiger partial charge < -0.3 is 0 Å². The number of fused-ring (bicyclic) bond motifs is 18. The van der Waals surface area contributed by atoms with Gasteiger partial charge in [-0.1, -0.05) is 507 Å². The molecule has 33 aliphatic rings. The molecule has 1 spiro atoms. The normalized spacial score (nSPS) is 43.2. The molecule has 0 saturated heterocycles. The van der Waals surface area contributed by atoms with Crippen LogP contribution in [0.3, 0.4) is 0 Å². The minimum absolute atomic E-state index is 0.858. The quantitative estimate of drug-likeness (QED) is 0.212. The van der Waals surface area contributed by atoms with E-state index in [0.717, 1.165) is 82.3 Å². The van der Waals surface area contributed by atoms with E-state index in [0.29, 0.717) is 0 Å². The van der Waals surface area contributed by atoms with Crippen LogP contribution in [0.4, 0.5) is 0 Å². The average molecular weight is 1860 g/mol. The van der Waals surface area contributed by atoms with Crippen LogP contribution in [0, 0.1) is 183 Å². The maximum Gasteiger partial charge on any atom is -0.0297 e. The molecule has 0 aromatic rings. The molecule has 14 unspecified atom stereocenters. The lowest BCUT2D eigenvalue weighted by molar-refractivity contribution is 0.0123. The van der Waals surface area contributed by atoms with Crippen LogP contribution in [0.15, 0.2) is 0 Å². The number of hydrogen-bond acceptors (Lipinski definition) is 0. The molecule has 0 heteroatoms. The van der Waals surface area contributed by atoms with E-state index in [1.54, 1.807) is 424 Å². The average Bonchev–Trinajstić information content (AvgIpc) is 1.61. The second-order valence-electron chi connectivity index (χ2n) is 57.0. The van der Waals surface area contributed by atoms with Crippen LogP contribution >= 0.6 is 0 Å². The van der Waals surface area contributed by atoms with Gasteiger partial charge in [-0.3, -0.25) is 0 Å². The zero-order valence-electron chi connectivity index (χ0n) is 91.4. The summed E-state index contributed by atoms with van der Waals surface area (Å²) in [6, 6.07) is 0. The maximum atomic E-state index is 1.62. The third-order valence-electron chi connectivity index (χ3n) is 48.2. The van der Waals surface area contributed by atoms with Crippen LogP contribution in [-0.4, -0.2) is 0 Å². The molecule has 778 valence electrons. The zero-order valence-corrected chi connectivity index (χ0v) is 91.4. The molecule has 0 aliphatic heterocycles. The molecule has 33 rings (SSSR count). The minimum Gasteiger partial charge on any atom is -0.0533 e. The first kappa shape index (κ1) is 106. The molecule has 0 aromatic heterocycles. The highest BCUT2D eigenvalue weighted by Gasteiger charge is 2.52. The Kier molecular flexibility index (Phi) is 46.7. The van der Waals surface area contributed by atoms with Crippen molar-refractivity contribution in [1.29, 1.82) is 0 Å². The smallest absolute Gasteiger partial charge is 0.0297 e. The standard InChI is InChI=1S/2C14H24.C13H22.C11H20.C10H16.C10H18.C9H14.2C8H14.C8H16.C7H12.C7H14.C6H12.C5H8.C5H10/c1-3-7-13-11(5-1)9-10-12-6-2-4-8-14(12)13;1-2-6-12-10-14-8-4-3-7-13(14)9-11(12)5-1;1-4-10-6-2-8-12-9-3-7-11(5-1)13(10)12;1-3-7-11(8-4-1)9-5-2-6-10-11;1-7-2-9-4-8(1)5-10(3-7)6-9;1-2-6-10-8-4-3-7-9(10)5-1;1-2-7-5-6(1)8-3-4-9(7)8;1-3-7-5-2-6-8(7)4-1;1-2-8-5-3-7(1)4-6-8;1-2-4-6-8-7-5-3-1;1-2-7-4-3-6(1)5-7;1-2-4-6-7-5-3-1;1-2-4-6-5-3-1;1-2-5-3-4(1)5;1-2-4-5-3-1/h2*11-14H,1-10H2;10-13H,1-9H2;1-10H2;7-10H,1-6H2;9-10H,1-8H2;6-9H,1-5H2;2*7-8H,1-6H2;1-8H2;6-7H,1-5H2;1-7H2;1-6H2;4-5H,1-3H2;1-5H2. The Morgan fingerprint density at radius 3 is 0.474 bits per heavy atom. The van der Waals surface area contributed by atoms with Gasteiger partial charge in [-0.15, -0.1) is 0 Å². The van der Waals surface area contributed by atoms with Crippen LogP contribution in [-0.2, 0) is 0 Å². The summed E-state index contributed by atoms with van der Waals surface area (Å²) in [4.78, 5) is 0. The van der Waals surface area contributed by atoms with E-state index in [2.05, 4.69) is 0 Å². The second kappa shape index (κ2) is 59.3. The first-order chi connectivity index (χ1) is 66.9. The van der Waals surface area contributed by atoms with Crippen molar-refractivity contribution in [2.75, 3.05) is 0 Å². The highest BCUT2D eigenvalue weighted by atomic mass is 14.6. The topological polar surface area (TPSA) is 0 Å². The van der Waals surface area contributed by atoms with E-state index >= 15 is 0 Å². The predicted octanol–water partition coefficient (Wildman–Crippen LogP) is 44.3. The zero-order chi connectivity index (χ0) is 91.4. The molecule has 0 N–H and O–H groups in total. The van der Waals surface area contributed by atoms with Gasteiger partial charge in [0.05, 0.1) is 0 Å². The number of rotatable bonds is 0. The van der Waals surface area contributed by atoms with Crippen molar-refractivity contribution in [3.05, 3.63) is 0 Å². The van der Waals surface area contributed by atoms with Gasteiger partial charge >= 0.3 is 0 Å². The molecular formula is C135H238. The van der Waals surface area contributed by atoms with E-state index < -0.39 is 0 Å². The lowest BCUT2D eigenvalue weighted by Gasteiger charge is -2.49. The van der Waals surface area contributed by atoms with E-state index in [9.17, 15) is 0 Å². The van der Waals surface area contributed by atoms with Gasteiger partial charge in [-0.2, -0.15) is 0 Å². The Balaban J connectivity index is 0.000000101. The van der Waals surface area contributed by atoms with Crippen molar-refractivity contribution in [3.63, 3.8) is 0 Å². The van der Waals surface area contributed by atoms with Gasteiger partial charge in [0.15, 0.2) is 0 Å². The van der Waals surface area contributed by atoms with Crippen molar-refractivity contribution >= 4 is 0 Å². The van der Waals surface area contributed by atoms with Crippen LogP contribution in [0.1, 0.15) is 668 Å². The lowest BCUT2D eigenvalue weighted by Crippen LogP contribution is -2.39. The molecule has 135 heavy (non-hydrogen) atoms. The molecule has 33 fully saturated rings. The summed E-state index contributed by atoms with van der Waals surface area (Å²) in [6.45, 7) is 0. The fourth-order valence-electron chi connectivity index (χ4n) is 40.2. The van der Waals surface area contributed by atoms with Crippen LogP contribution in [0.5, 0.6) is 0 Å². The SMILES string of the molecule is C1C2CC3CC1CC(C2)C3.C1CC2CC12.C1CC2CC1C1CCC21.C1CC2CCC1C2.C1CC2CCC1CC2.C1CC2CCCC2C1.C1CC2CCCC3CCCC(C1)C23.C1CCC2(CC1)CCCCC2.C1CCC2C(C1)CCC1CCCCC12.C1CCC2CC3CCCCC3CC2C1.C1CCC2CCCCC2C1.C1CCCC1.C1CCCCC1.C1CCCCCC1.C1CCCCCCC1. The Hall–Kier alpha value is 0. The Labute approximate surface area is 845 Å². The summed E-state index contributed by atoms with van der Waals surface area (Å²) in [5, 5.41) is 0. The third-order valence-corrected chi connectivity index (χ3v) is 48.2. The third kappa shape index (κ3) is 34.3. The van der Waals surface area contributed by atoms with Gasteiger partial charge in [0.25, 0.3) is 0 Å². The van der Waals surface area contributed by atoms with Crippen molar-refractivity contribution in [2.24, 2.45) is 183 Å². The van der Waals surface area contributed by atoms with Crippen molar-refractivity contribution in [2.45, 2.75) is 668 Å². The molecule has 10 bridgehead atoms. The molecule has 33 aliphatic carbocycles. The monoisotopic (exact) mass is 1860 g/mol. The van der Waals surface area contributed by atoms with E-state index in [4.69, 9.17) is 0 Å². The summed E-state index contributed by atoms with van der Waals surface area (Å²) in [5.74, 6) is 35.3. The first-order valence-corrected chi connectivity index (χ1v) is 66.9. The summed E-state index contributed by atoms with van der Waals surface area (Å²) < 4.78 is 0. The predicted molar refractivity (Wildman–Crippen MR) is 587 cm³/mol. The van der Waals surface area contributed by atoms with Crippen LogP contribution in [0.25, 0.3) is 0 Å². The van der Waals surface area contributed by atoms with Crippen molar-refractivity contribution in [1.82, 2.24) is 0 Å². The fraction of sp³-hybridized carbons (Fsp3) is 1.00. The molecule has 0 nitrogen and oxygen atoms in total. The summed E-state index contributed by atoms with van der Waals surface area (Å²) >= 11 is 0. The largest absolute Gasteiger partial charge is 0.0533 e. The van der Waals surface area contributed by atoms with Crippen molar-refractivity contribution in [3.8, 4) is 0 Å². The van der Waals surface area contributed by atoms with Gasteiger partial charge in [0.2, 0.25) is 0 Å². The molecule has 33 saturated carbocycles. The van der Waals surface area contributed by atoms with Crippen LogP contribution in [0.2, 0.25) is 0 Å².